The molecule has 4 heteroatoms. The fourth-order valence-corrected chi connectivity index (χ4v) is 1.42. The van der Waals surface area contributed by atoms with E-state index >= 15 is 0 Å². The summed E-state index contributed by atoms with van der Waals surface area (Å²) in [5.74, 6) is 0.578. The summed E-state index contributed by atoms with van der Waals surface area (Å²) in [4.78, 5) is 0. The van der Waals surface area contributed by atoms with Crippen molar-refractivity contribution in [2.24, 2.45) is 5.73 Å². The quantitative estimate of drug-likeness (QED) is 0.812. The van der Waals surface area contributed by atoms with E-state index in [2.05, 4.69) is 0 Å². The third kappa shape index (κ3) is 3.38. The van der Waals surface area contributed by atoms with Crippen molar-refractivity contribution >= 4 is 11.6 Å². The standard InChI is InChI=1S/C11H16ClNO2/c1-2-9(14)7-15-11-8(6-13)4-3-5-10(11)12/h3-5,9,14H,2,6-7,13H2,1H3. The van der Waals surface area contributed by atoms with Crippen molar-refractivity contribution in [3.8, 4) is 5.75 Å². The van der Waals surface area contributed by atoms with Crippen molar-refractivity contribution in [2.45, 2.75) is 26.0 Å². The minimum absolute atomic E-state index is 0.243. The number of ether oxygens (including phenoxy) is 1. The van der Waals surface area contributed by atoms with Gasteiger partial charge in [0, 0.05) is 12.1 Å². The normalized spacial score (nSPS) is 12.5. The molecule has 0 amide bonds. The number of hydrogen-bond donors (Lipinski definition) is 2. The van der Waals surface area contributed by atoms with Crippen LogP contribution in [0.2, 0.25) is 5.02 Å². The fourth-order valence-electron chi connectivity index (χ4n) is 1.17. The molecule has 0 aromatic heterocycles. The molecule has 1 aromatic carbocycles. The molecule has 0 bridgehead atoms. The van der Waals surface area contributed by atoms with Crippen LogP contribution in [-0.2, 0) is 6.54 Å². The average Bonchev–Trinajstić information content (AvgIpc) is 2.26. The predicted octanol–water partition coefficient (Wildman–Crippen LogP) is 1.95. The third-order valence-corrected chi connectivity index (χ3v) is 2.46. The summed E-state index contributed by atoms with van der Waals surface area (Å²) < 4.78 is 5.45. The van der Waals surface area contributed by atoms with Crippen LogP contribution in [0.4, 0.5) is 0 Å². The van der Waals surface area contributed by atoms with Crippen LogP contribution in [0.25, 0.3) is 0 Å². The van der Waals surface area contributed by atoms with Crippen LogP contribution in [0.15, 0.2) is 18.2 Å². The van der Waals surface area contributed by atoms with Crippen LogP contribution < -0.4 is 10.5 Å². The first-order valence-corrected chi connectivity index (χ1v) is 5.35. The molecule has 0 aliphatic heterocycles. The van der Waals surface area contributed by atoms with Crippen molar-refractivity contribution in [1.29, 1.82) is 0 Å². The first-order chi connectivity index (χ1) is 7.19. The van der Waals surface area contributed by atoms with Gasteiger partial charge in [0.2, 0.25) is 0 Å². The number of hydrogen-bond acceptors (Lipinski definition) is 3. The van der Waals surface area contributed by atoms with Crippen LogP contribution in [-0.4, -0.2) is 17.8 Å². The predicted molar refractivity (Wildman–Crippen MR) is 61.1 cm³/mol. The van der Waals surface area contributed by atoms with Crippen molar-refractivity contribution in [3.05, 3.63) is 28.8 Å². The van der Waals surface area contributed by atoms with Gasteiger partial charge in [0.1, 0.15) is 12.4 Å². The number of benzene rings is 1. The highest BCUT2D eigenvalue weighted by Crippen LogP contribution is 2.28. The number of halogens is 1. The van der Waals surface area contributed by atoms with Crippen LogP contribution >= 0.6 is 11.6 Å². The molecule has 1 aromatic rings. The highest BCUT2D eigenvalue weighted by Gasteiger charge is 2.09. The van der Waals surface area contributed by atoms with Gasteiger partial charge in [-0.05, 0) is 12.5 Å². The molecule has 0 radical (unpaired) electrons. The Balaban J connectivity index is 2.74. The zero-order chi connectivity index (χ0) is 11.3. The van der Waals surface area contributed by atoms with Crippen molar-refractivity contribution in [1.82, 2.24) is 0 Å². The van der Waals surface area contributed by atoms with Gasteiger partial charge in [0.15, 0.2) is 0 Å². The minimum atomic E-state index is -0.466. The Labute approximate surface area is 94.8 Å². The summed E-state index contributed by atoms with van der Waals surface area (Å²) in [6, 6.07) is 5.43. The summed E-state index contributed by atoms with van der Waals surface area (Å²) in [5.41, 5.74) is 6.41. The van der Waals surface area contributed by atoms with Gasteiger partial charge in [-0.25, -0.2) is 0 Å². The van der Waals surface area contributed by atoms with E-state index in [1.54, 1.807) is 6.07 Å². The third-order valence-electron chi connectivity index (χ3n) is 2.16. The topological polar surface area (TPSA) is 55.5 Å². The lowest BCUT2D eigenvalue weighted by atomic mass is 10.2. The van der Waals surface area contributed by atoms with Gasteiger partial charge in [0.25, 0.3) is 0 Å². The van der Waals surface area contributed by atoms with Gasteiger partial charge < -0.3 is 15.6 Å². The number of nitrogens with two attached hydrogens (primary N) is 1. The molecular formula is C11H16ClNO2. The first-order valence-electron chi connectivity index (χ1n) is 4.97. The van der Waals surface area contributed by atoms with Crippen molar-refractivity contribution < 1.29 is 9.84 Å². The Hall–Kier alpha value is -0.770. The number of rotatable bonds is 5. The zero-order valence-corrected chi connectivity index (χ0v) is 9.50. The van der Waals surface area contributed by atoms with E-state index in [9.17, 15) is 5.11 Å². The van der Waals surface area contributed by atoms with Crippen LogP contribution in [0.1, 0.15) is 18.9 Å². The largest absolute Gasteiger partial charge is 0.489 e. The first kappa shape index (κ1) is 12.3. The highest BCUT2D eigenvalue weighted by atomic mass is 35.5. The van der Waals surface area contributed by atoms with Gasteiger partial charge in [-0.15, -0.1) is 0 Å². The van der Waals surface area contributed by atoms with E-state index in [4.69, 9.17) is 22.1 Å². The number of aliphatic hydroxyl groups is 1. The lowest BCUT2D eigenvalue weighted by molar-refractivity contribution is 0.104. The molecule has 0 saturated carbocycles. The molecule has 84 valence electrons. The zero-order valence-electron chi connectivity index (χ0n) is 8.74. The Morgan fingerprint density at radius 1 is 1.53 bits per heavy atom. The maximum Gasteiger partial charge on any atom is 0.142 e. The van der Waals surface area contributed by atoms with Gasteiger partial charge >= 0.3 is 0 Å². The van der Waals surface area contributed by atoms with Gasteiger partial charge in [0.05, 0.1) is 11.1 Å². The number of aliphatic hydroxyl groups excluding tert-OH is 1. The molecule has 0 heterocycles. The molecule has 0 aliphatic rings. The van der Waals surface area contributed by atoms with E-state index in [1.165, 1.54) is 0 Å². The highest BCUT2D eigenvalue weighted by molar-refractivity contribution is 6.32. The summed E-state index contributed by atoms with van der Waals surface area (Å²) in [6.45, 7) is 2.51. The lowest BCUT2D eigenvalue weighted by Gasteiger charge is -2.14. The Bertz CT molecular complexity index is 317. The summed E-state index contributed by atoms with van der Waals surface area (Å²) in [6.07, 6.45) is 0.189. The van der Waals surface area contributed by atoms with Gasteiger partial charge in [-0.2, -0.15) is 0 Å². The summed E-state index contributed by atoms with van der Waals surface area (Å²) in [5, 5.41) is 9.90. The smallest absolute Gasteiger partial charge is 0.142 e. The summed E-state index contributed by atoms with van der Waals surface area (Å²) in [7, 11) is 0. The minimum Gasteiger partial charge on any atom is -0.489 e. The molecule has 0 saturated heterocycles. The molecule has 0 spiro atoms. The van der Waals surface area contributed by atoms with Crippen LogP contribution in [0, 0.1) is 0 Å². The van der Waals surface area contributed by atoms with E-state index in [1.807, 2.05) is 19.1 Å². The molecule has 0 fully saturated rings. The number of para-hydroxylation sites is 1. The molecule has 1 unspecified atom stereocenters. The molecule has 15 heavy (non-hydrogen) atoms. The summed E-state index contributed by atoms with van der Waals surface area (Å²) >= 11 is 5.97. The molecule has 3 N–H and O–H groups in total. The van der Waals surface area contributed by atoms with E-state index in [-0.39, 0.29) is 6.61 Å². The van der Waals surface area contributed by atoms with E-state index < -0.39 is 6.10 Å². The van der Waals surface area contributed by atoms with Gasteiger partial charge in [-0.1, -0.05) is 30.7 Å². The van der Waals surface area contributed by atoms with E-state index in [0.717, 1.165) is 5.56 Å². The van der Waals surface area contributed by atoms with E-state index in [0.29, 0.717) is 23.7 Å². The van der Waals surface area contributed by atoms with Crippen LogP contribution in [0.3, 0.4) is 0 Å². The second-order valence-electron chi connectivity index (χ2n) is 3.31. The fraction of sp³-hybridized carbons (Fsp3) is 0.455. The monoisotopic (exact) mass is 229 g/mol. The Morgan fingerprint density at radius 2 is 2.27 bits per heavy atom. The second kappa shape index (κ2) is 5.95. The van der Waals surface area contributed by atoms with Crippen molar-refractivity contribution in [2.75, 3.05) is 6.61 Å². The average molecular weight is 230 g/mol. The SMILES string of the molecule is CCC(O)COc1c(Cl)cccc1CN. The van der Waals surface area contributed by atoms with Gasteiger partial charge in [-0.3, -0.25) is 0 Å². The molecule has 0 aliphatic carbocycles. The molecule has 1 atom stereocenters. The second-order valence-corrected chi connectivity index (χ2v) is 3.71. The maximum absolute atomic E-state index is 9.37. The maximum atomic E-state index is 9.37. The lowest BCUT2D eigenvalue weighted by Crippen LogP contribution is -2.17. The molecule has 3 nitrogen and oxygen atoms in total. The van der Waals surface area contributed by atoms with Crippen molar-refractivity contribution in [3.63, 3.8) is 0 Å². The Kier molecular flexibility index (Phi) is 4.88. The van der Waals surface area contributed by atoms with Crippen LogP contribution in [0.5, 0.6) is 5.75 Å². The molecular weight excluding hydrogens is 214 g/mol. The Morgan fingerprint density at radius 3 is 2.87 bits per heavy atom. The molecule has 1 rings (SSSR count).